The predicted molar refractivity (Wildman–Crippen MR) is 51.9 cm³/mol. The van der Waals surface area contributed by atoms with Crippen LogP contribution in [0.2, 0.25) is 0 Å². The second kappa shape index (κ2) is 5.09. The third-order valence-corrected chi connectivity index (χ3v) is 1.43. The lowest BCUT2D eigenvalue weighted by molar-refractivity contribution is 0.415. The maximum absolute atomic E-state index is 4.66. The Morgan fingerprint density at radius 1 is 1.38 bits per heavy atom. The number of allylic oxidation sites excluding steroid dienone is 6. The third-order valence-electron chi connectivity index (χ3n) is 1.43. The Balaban J connectivity index is 2.93. The number of hydrogen-bond donors (Lipinski definition) is 0. The van der Waals surface area contributed by atoms with Gasteiger partial charge in [0.05, 0.1) is 0 Å². The molecule has 0 saturated carbocycles. The summed E-state index contributed by atoms with van der Waals surface area (Å²) in [6, 6.07) is 0. The first-order valence-corrected chi connectivity index (χ1v) is 4.11. The van der Waals surface area contributed by atoms with Crippen molar-refractivity contribution >= 4 is 5.57 Å². The quantitative estimate of drug-likeness (QED) is 0.664. The van der Waals surface area contributed by atoms with Gasteiger partial charge >= 0.3 is 0 Å². The van der Waals surface area contributed by atoms with Crippen LogP contribution in [-0.4, -0.2) is 10.1 Å². The van der Waals surface area contributed by atoms with Crippen molar-refractivity contribution in [1.82, 2.24) is 10.1 Å². The van der Waals surface area contributed by atoms with E-state index >= 15 is 0 Å². The third kappa shape index (κ3) is 2.71. The van der Waals surface area contributed by atoms with E-state index in [9.17, 15) is 0 Å². The smallest absolute Gasteiger partial charge is 0.214 e. The molecule has 1 aromatic rings. The van der Waals surface area contributed by atoms with Crippen molar-refractivity contribution in [2.24, 2.45) is 0 Å². The average molecular weight is 176 g/mol. The van der Waals surface area contributed by atoms with Gasteiger partial charge in [-0.2, -0.15) is 4.98 Å². The minimum Gasteiger partial charge on any atom is -0.342 e. The molecule has 1 heterocycles. The molecule has 0 radical (unpaired) electrons. The normalized spacial score (nSPS) is 13.2. The van der Waals surface area contributed by atoms with E-state index in [2.05, 4.69) is 14.7 Å². The van der Waals surface area contributed by atoms with Crippen molar-refractivity contribution in [2.45, 2.75) is 13.8 Å². The summed E-state index contributed by atoms with van der Waals surface area (Å²) in [5, 5.41) is 3.75. The Morgan fingerprint density at radius 2 is 2.23 bits per heavy atom. The molecule has 3 nitrogen and oxygen atoms in total. The molecule has 0 aliphatic rings. The van der Waals surface area contributed by atoms with Crippen LogP contribution in [0.15, 0.2) is 41.3 Å². The zero-order valence-corrected chi connectivity index (χ0v) is 7.77. The molecule has 1 aromatic heterocycles. The molecule has 0 fully saturated rings. The molecule has 0 saturated heterocycles. The van der Waals surface area contributed by atoms with E-state index < -0.39 is 0 Å². The molecule has 0 aliphatic carbocycles. The van der Waals surface area contributed by atoms with Gasteiger partial charge in [0.15, 0.2) is 0 Å². The summed E-state index contributed by atoms with van der Waals surface area (Å²) in [7, 11) is 0. The van der Waals surface area contributed by atoms with Crippen LogP contribution < -0.4 is 0 Å². The van der Waals surface area contributed by atoms with Crippen LogP contribution in [0.5, 0.6) is 0 Å². The average Bonchev–Trinajstić information content (AvgIpc) is 2.65. The molecule has 0 aromatic carbocycles. The van der Waals surface area contributed by atoms with Crippen molar-refractivity contribution in [2.75, 3.05) is 0 Å². The van der Waals surface area contributed by atoms with E-state index in [0.29, 0.717) is 5.82 Å². The number of aromatic nitrogens is 2. The van der Waals surface area contributed by atoms with Gasteiger partial charge < -0.3 is 4.52 Å². The fourth-order valence-electron chi connectivity index (χ4n) is 0.882. The highest BCUT2D eigenvalue weighted by Crippen LogP contribution is 2.10. The summed E-state index contributed by atoms with van der Waals surface area (Å²) in [5.41, 5.74) is 0.939. The number of rotatable bonds is 3. The maximum Gasteiger partial charge on any atom is 0.214 e. The molecular weight excluding hydrogens is 164 g/mol. The molecule has 0 aliphatic heterocycles. The van der Waals surface area contributed by atoms with E-state index in [1.54, 1.807) is 0 Å². The Labute approximate surface area is 77.5 Å². The van der Waals surface area contributed by atoms with Gasteiger partial charge in [0, 0.05) is 5.57 Å². The SMILES string of the molecule is C\C=C/C=C(\C=C/C)c1ncon1. The highest BCUT2D eigenvalue weighted by Gasteiger charge is 2.00. The summed E-state index contributed by atoms with van der Waals surface area (Å²) in [5.74, 6) is 0.608. The van der Waals surface area contributed by atoms with Gasteiger partial charge in [-0.05, 0) is 13.8 Å². The van der Waals surface area contributed by atoms with Gasteiger partial charge in [-0.3, -0.25) is 0 Å². The van der Waals surface area contributed by atoms with Crippen LogP contribution >= 0.6 is 0 Å². The monoisotopic (exact) mass is 176 g/mol. The second-order valence-electron chi connectivity index (χ2n) is 2.40. The van der Waals surface area contributed by atoms with E-state index in [1.165, 1.54) is 6.39 Å². The zero-order chi connectivity index (χ0) is 9.52. The molecule has 0 amide bonds. The number of nitrogens with zero attached hydrogens (tertiary/aromatic N) is 2. The van der Waals surface area contributed by atoms with Crippen LogP contribution in [0.1, 0.15) is 19.7 Å². The summed E-state index contributed by atoms with van der Waals surface area (Å²) in [6.07, 6.45) is 11.0. The van der Waals surface area contributed by atoms with E-state index in [0.717, 1.165) is 5.57 Å². The molecule has 13 heavy (non-hydrogen) atoms. The zero-order valence-electron chi connectivity index (χ0n) is 7.77. The molecule has 0 N–H and O–H groups in total. The van der Waals surface area contributed by atoms with Crippen molar-refractivity contribution in [3.05, 3.63) is 42.6 Å². The molecule has 1 rings (SSSR count). The molecule has 0 atom stereocenters. The highest BCUT2D eigenvalue weighted by molar-refractivity contribution is 5.70. The fourth-order valence-corrected chi connectivity index (χ4v) is 0.882. The van der Waals surface area contributed by atoms with Crippen LogP contribution in [-0.2, 0) is 0 Å². The van der Waals surface area contributed by atoms with Crippen LogP contribution in [0.3, 0.4) is 0 Å². The van der Waals surface area contributed by atoms with Crippen LogP contribution in [0.25, 0.3) is 5.57 Å². The Kier molecular flexibility index (Phi) is 3.70. The van der Waals surface area contributed by atoms with Gasteiger partial charge in [0.1, 0.15) is 0 Å². The van der Waals surface area contributed by atoms with Gasteiger partial charge in [-0.15, -0.1) is 0 Å². The minimum atomic E-state index is 0.608. The van der Waals surface area contributed by atoms with Crippen molar-refractivity contribution in [3.63, 3.8) is 0 Å². The van der Waals surface area contributed by atoms with Crippen LogP contribution in [0, 0.1) is 0 Å². The molecule has 68 valence electrons. The van der Waals surface area contributed by atoms with E-state index in [1.807, 2.05) is 44.2 Å². The second-order valence-corrected chi connectivity index (χ2v) is 2.40. The Morgan fingerprint density at radius 3 is 2.77 bits per heavy atom. The molecule has 0 spiro atoms. The maximum atomic E-state index is 4.66. The topological polar surface area (TPSA) is 38.9 Å². The first kappa shape index (κ1) is 9.45. The molecular formula is C10H12N2O. The molecule has 0 unspecified atom stereocenters. The molecule has 3 heteroatoms. The summed E-state index contributed by atoms with van der Waals surface area (Å²) < 4.78 is 4.66. The standard InChI is InChI=1S/C10H12N2O/c1-3-5-7-9(6-4-2)10-11-8-13-12-10/h3-8H,1-2H3/b5-3-,6-4-,9-7+. The summed E-state index contributed by atoms with van der Waals surface area (Å²) >= 11 is 0. The molecule has 0 bridgehead atoms. The minimum absolute atomic E-state index is 0.608. The van der Waals surface area contributed by atoms with Crippen molar-refractivity contribution in [3.8, 4) is 0 Å². The Bertz CT molecular complexity index is 321. The van der Waals surface area contributed by atoms with Crippen molar-refractivity contribution < 1.29 is 4.52 Å². The predicted octanol–water partition coefficient (Wildman–Crippen LogP) is 2.61. The lowest BCUT2D eigenvalue weighted by atomic mass is 10.2. The van der Waals surface area contributed by atoms with Gasteiger partial charge in [-0.25, -0.2) is 0 Å². The fraction of sp³-hybridized carbons (Fsp3) is 0.200. The lowest BCUT2D eigenvalue weighted by Gasteiger charge is -1.90. The van der Waals surface area contributed by atoms with Crippen LogP contribution in [0.4, 0.5) is 0 Å². The first-order valence-electron chi connectivity index (χ1n) is 4.11. The highest BCUT2D eigenvalue weighted by atomic mass is 16.5. The first-order chi connectivity index (χ1) is 6.38. The van der Waals surface area contributed by atoms with Gasteiger partial charge in [0.25, 0.3) is 0 Å². The summed E-state index contributed by atoms with van der Waals surface area (Å²) in [4.78, 5) is 3.96. The summed E-state index contributed by atoms with van der Waals surface area (Å²) in [6.45, 7) is 3.91. The van der Waals surface area contributed by atoms with E-state index in [4.69, 9.17) is 0 Å². The lowest BCUT2D eigenvalue weighted by Crippen LogP contribution is -1.82. The van der Waals surface area contributed by atoms with Gasteiger partial charge in [0.2, 0.25) is 12.2 Å². The largest absolute Gasteiger partial charge is 0.342 e. The Hall–Kier alpha value is -1.64. The van der Waals surface area contributed by atoms with Gasteiger partial charge in [-0.1, -0.05) is 35.5 Å². The van der Waals surface area contributed by atoms with Crippen molar-refractivity contribution in [1.29, 1.82) is 0 Å². The number of hydrogen-bond acceptors (Lipinski definition) is 3. The van der Waals surface area contributed by atoms with E-state index in [-0.39, 0.29) is 0 Å².